The topological polar surface area (TPSA) is 57.6 Å². The molecule has 0 saturated carbocycles. The molecule has 3 rings (SSSR count). The minimum Gasteiger partial charge on any atom is -0.367 e. The van der Waals surface area contributed by atoms with Gasteiger partial charge in [0.1, 0.15) is 11.5 Å². The number of alkyl halides is 3. The van der Waals surface area contributed by atoms with Crippen molar-refractivity contribution in [2.45, 2.75) is 19.1 Å². The van der Waals surface area contributed by atoms with E-state index in [4.69, 9.17) is 0 Å². The Labute approximate surface area is 188 Å². The summed E-state index contributed by atoms with van der Waals surface area (Å²) in [5.74, 6) is -3.35. The maximum Gasteiger partial charge on any atom is 0.417 e. The third-order valence-electron chi connectivity index (χ3n) is 5.46. The second-order valence-electron chi connectivity index (χ2n) is 7.66. The normalized spacial score (nSPS) is 17.5. The van der Waals surface area contributed by atoms with Crippen molar-refractivity contribution in [3.8, 4) is 0 Å². The number of amides is 1. The number of hydrogen-bond acceptors (Lipinski definition) is 4. The lowest BCUT2D eigenvalue weighted by molar-refractivity contribution is -0.138. The fraction of sp³-hybridized carbons (Fsp3) is 0.400. The van der Waals surface area contributed by atoms with Gasteiger partial charge in [-0.2, -0.15) is 13.2 Å². The van der Waals surface area contributed by atoms with Crippen molar-refractivity contribution in [1.29, 1.82) is 0 Å². The molecular formula is C20H20BrF5N4O2. The zero-order chi connectivity index (χ0) is 24.0. The molecule has 0 bridgehead atoms. The molecule has 1 aliphatic rings. The molecule has 1 fully saturated rings. The summed E-state index contributed by atoms with van der Waals surface area (Å²) < 4.78 is 69.8. The summed E-state index contributed by atoms with van der Waals surface area (Å²) in [6.07, 6.45) is -4.26. The van der Waals surface area contributed by atoms with E-state index in [2.05, 4.69) is 21.2 Å². The van der Waals surface area contributed by atoms with Crippen LogP contribution in [0.1, 0.15) is 22.8 Å². The molecule has 12 heteroatoms. The van der Waals surface area contributed by atoms with Crippen molar-refractivity contribution >= 4 is 33.2 Å². The van der Waals surface area contributed by atoms with Crippen LogP contribution in [0.25, 0.3) is 0 Å². The van der Waals surface area contributed by atoms with Crippen LogP contribution in [0, 0.1) is 11.6 Å². The van der Waals surface area contributed by atoms with Gasteiger partial charge in [0.05, 0.1) is 21.3 Å². The number of benzene rings is 1. The van der Waals surface area contributed by atoms with E-state index in [1.165, 1.54) is 7.05 Å². The molecule has 2 aromatic rings. The molecule has 1 amide bonds. The van der Waals surface area contributed by atoms with Gasteiger partial charge in [0.15, 0.2) is 5.82 Å². The summed E-state index contributed by atoms with van der Waals surface area (Å²) >= 11 is 2.77. The Morgan fingerprint density at radius 1 is 1.19 bits per heavy atom. The summed E-state index contributed by atoms with van der Waals surface area (Å²) in [6.45, 7) is 3.26. The van der Waals surface area contributed by atoms with Gasteiger partial charge in [-0.1, -0.05) is 0 Å². The molecule has 0 radical (unpaired) electrons. The molecule has 1 aromatic heterocycles. The van der Waals surface area contributed by atoms with Gasteiger partial charge >= 0.3 is 6.18 Å². The Balaban J connectivity index is 2.08. The second-order valence-corrected chi connectivity index (χ2v) is 8.45. The van der Waals surface area contributed by atoms with Crippen LogP contribution in [-0.4, -0.2) is 48.1 Å². The number of aromatic nitrogens is 1. The summed E-state index contributed by atoms with van der Waals surface area (Å²) in [5.41, 5.74) is -3.72. The summed E-state index contributed by atoms with van der Waals surface area (Å²) in [7, 11) is 3.08. The molecule has 0 spiro atoms. The monoisotopic (exact) mass is 522 g/mol. The SMILES string of the molecule is CC1CN(c2cc(F)c(Br)c(F)c2NC(=O)c2cn(C)c(=O)cc2C(F)(F)F)CCN1C. The highest BCUT2D eigenvalue weighted by Gasteiger charge is 2.37. The first-order valence-corrected chi connectivity index (χ1v) is 10.3. The van der Waals surface area contributed by atoms with Gasteiger partial charge < -0.3 is 19.7 Å². The number of hydrogen-bond donors (Lipinski definition) is 1. The molecule has 174 valence electrons. The molecule has 1 N–H and O–H groups in total. The predicted octanol–water partition coefficient (Wildman–Crippen LogP) is 3.84. The number of nitrogens with zero attached hydrogens (tertiary/aromatic N) is 3. The van der Waals surface area contributed by atoms with Crippen molar-refractivity contribution in [2.75, 3.05) is 36.9 Å². The molecule has 1 aliphatic heterocycles. The Morgan fingerprint density at radius 3 is 2.44 bits per heavy atom. The van der Waals surface area contributed by atoms with Crippen molar-refractivity contribution < 1.29 is 26.7 Å². The first kappa shape index (κ1) is 24.2. The number of piperazine rings is 1. The van der Waals surface area contributed by atoms with Gasteiger partial charge in [0.25, 0.3) is 11.5 Å². The van der Waals surface area contributed by atoms with Gasteiger partial charge in [0, 0.05) is 51.1 Å². The van der Waals surface area contributed by atoms with Crippen LogP contribution in [0.15, 0.2) is 27.6 Å². The highest BCUT2D eigenvalue weighted by Crippen LogP contribution is 2.38. The maximum absolute atomic E-state index is 15.0. The molecule has 1 unspecified atom stereocenters. The number of aryl methyl sites for hydroxylation is 1. The quantitative estimate of drug-likeness (QED) is 0.491. The maximum atomic E-state index is 15.0. The number of nitrogens with one attached hydrogen (secondary N) is 1. The fourth-order valence-corrected chi connectivity index (χ4v) is 3.76. The van der Waals surface area contributed by atoms with Gasteiger partial charge in [0.2, 0.25) is 0 Å². The fourth-order valence-electron chi connectivity index (χ4n) is 3.44. The summed E-state index contributed by atoms with van der Waals surface area (Å²) in [4.78, 5) is 28.2. The lowest BCUT2D eigenvalue weighted by atomic mass is 10.1. The third-order valence-corrected chi connectivity index (χ3v) is 6.19. The Bertz CT molecular complexity index is 1120. The van der Waals surface area contributed by atoms with Crippen LogP contribution < -0.4 is 15.8 Å². The van der Waals surface area contributed by atoms with E-state index >= 15 is 0 Å². The van der Waals surface area contributed by atoms with Crippen LogP contribution in [0.5, 0.6) is 0 Å². The van der Waals surface area contributed by atoms with Crippen LogP contribution in [-0.2, 0) is 13.2 Å². The largest absolute Gasteiger partial charge is 0.417 e. The van der Waals surface area contributed by atoms with E-state index in [0.717, 1.165) is 16.8 Å². The van der Waals surface area contributed by atoms with Crippen LogP contribution >= 0.6 is 15.9 Å². The standard InChI is InChI=1S/C20H20BrF5N4O2/c1-10-8-30(5-4-28(10)2)14-7-13(22)16(21)17(23)18(14)27-19(32)11-9-29(3)15(31)6-12(11)20(24,25)26/h6-7,9-10H,4-5,8H2,1-3H3,(H,27,32). The highest BCUT2D eigenvalue weighted by molar-refractivity contribution is 9.10. The summed E-state index contributed by atoms with van der Waals surface area (Å²) in [5, 5.41) is 2.16. The molecule has 2 heterocycles. The number of anilines is 2. The highest BCUT2D eigenvalue weighted by atomic mass is 79.9. The van der Waals surface area contributed by atoms with E-state index in [1.807, 2.05) is 18.9 Å². The van der Waals surface area contributed by atoms with Gasteiger partial charge in [-0.15, -0.1) is 0 Å². The molecule has 1 saturated heterocycles. The predicted molar refractivity (Wildman–Crippen MR) is 113 cm³/mol. The zero-order valence-electron chi connectivity index (χ0n) is 17.4. The van der Waals surface area contributed by atoms with Crippen molar-refractivity contribution in [1.82, 2.24) is 9.47 Å². The van der Waals surface area contributed by atoms with Gasteiger partial charge in [-0.3, -0.25) is 9.59 Å². The van der Waals surface area contributed by atoms with E-state index in [0.29, 0.717) is 25.7 Å². The van der Waals surface area contributed by atoms with Crippen LogP contribution in [0.4, 0.5) is 33.3 Å². The third kappa shape index (κ3) is 4.65. The Kier molecular flexibility index (Phi) is 6.66. The van der Waals surface area contributed by atoms with Crippen molar-refractivity contribution in [3.63, 3.8) is 0 Å². The van der Waals surface area contributed by atoms with Gasteiger partial charge in [-0.25, -0.2) is 8.78 Å². The van der Waals surface area contributed by atoms with Gasteiger partial charge in [-0.05, 0) is 29.9 Å². The van der Waals surface area contributed by atoms with E-state index in [1.54, 1.807) is 4.90 Å². The van der Waals surface area contributed by atoms with E-state index in [-0.39, 0.29) is 11.7 Å². The minimum absolute atomic E-state index is 0.00915. The number of rotatable bonds is 3. The summed E-state index contributed by atoms with van der Waals surface area (Å²) in [6, 6.07) is 1.35. The minimum atomic E-state index is -4.99. The number of carbonyl (C=O) groups excluding carboxylic acids is 1. The van der Waals surface area contributed by atoms with Crippen LogP contribution in [0.2, 0.25) is 0 Å². The molecule has 32 heavy (non-hydrogen) atoms. The molecule has 1 aromatic carbocycles. The first-order valence-electron chi connectivity index (χ1n) is 9.53. The lowest BCUT2D eigenvalue weighted by Gasteiger charge is -2.39. The first-order chi connectivity index (χ1) is 14.8. The average molecular weight is 523 g/mol. The molecular weight excluding hydrogens is 503 g/mol. The lowest BCUT2D eigenvalue weighted by Crippen LogP contribution is -2.50. The van der Waals surface area contributed by atoms with E-state index < -0.39 is 50.6 Å². The Hall–Kier alpha value is -2.47. The number of carbonyl (C=O) groups is 1. The zero-order valence-corrected chi connectivity index (χ0v) is 18.9. The number of pyridine rings is 1. The molecule has 0 aliphatic carbocycles. The average Bonchev–Trinajstić information content (AvgIpc) is 2.71. The van der Waals surface area contributed by atoms with Crippen molar-refractivity contribution in [3.05, 3.63) is 55.9 Å². The Morgan fingerprint density at radius 2 is 1.84 bits per heavy atom. The van der Waals surface area contributed by atoms with Crippen LogP contribution in [0.3, 0.4) is 0 Å². The number of likely N-dealkylation sites (N-methyl/N-ethyl adjacent to an activating group) is 1. The smallest absolute Gasteiger partial charge is 0.367 e. The molecule has 1 atom stereocenters. The second kappa shape index (κ2) is 8.81. The van der Waals surface area contributed by atoms with Crippen molar-refractivity contribution in [2.24, 2.45) is 7.05 Å². The van der Waals surface area contributed by atoms with E-state index in [9.17, 15) is 31.5 Å². The molecule has 6 nitrogen and oxygen atoms in total. The number of halogens is 6.